The molecule has 2 aliphatic carbocycles. The maximum atomic E-state index is 15.5. The number of carbonyl (C=O) groups is 1. The molecule has 45 heavy (non-hydrogen) atoms. The van der Waals surface area contributed by atoms with E-state index in [-0.39, 0.29) is 40.4 Å². The molecule has 234 valence electrons. The minimum Gasteiger partial charge on any atom is -0.497 e. The van der Waals surface area contributed by atoms with Crippen LogP contribution in [0.2, 0.25) is 0 Å². The second-order valence-electron chi connectivity index (χ2n) is 12.1. The number of halogens is 1. The molecule has 0 saturated heterocycles. The number of Topliss-reactive ketones (excluding diaryl/α,β-unsaturated/α-hetero) is 1. The zero-order chi connectivity index (χ0) is 31.9. The van der Waals surface area contributed by atoms with Gasteiger partial charge in [0.15, 0.2) is 19.7 Å². The monoisotopic (exact) mass is 646 g/mol. The lowest BCUT2D eigenvalue weighted by atomic mass is 9.61. The Kier molecular flexibility index (Phi) is 8.43. The van der Waals surface area contributed by atoms with Gasteiger partial charge < -0.3 is 4.74 Å². The van der Waals surface area contributed by atoms with Gasteiger partial charge in [-0.3, -0.25) is 4.79 Å². The molecule has 6 unspecified atom stereocenters. The van der Waals surface area contributed by atoms with Gasteiger partial charge in [0.25, 0.3) is 0 Å². The van der Waals surface area contributed by atoms with Crippen molar-refractivity contribution in [3.05, 3.63) is 126 Å². The van der Waals surface area contributed by atoms with Crippen molar-refractivity contribution in [1.29, 1.82) is 0 Å². The first-order valence-corrected chi connectivity index (χ1v) is 18.1. The second kappa shape index (κ2) is 12.2. The largest absolute Gasteiger partial charge is 0.497 e. The fraction of sp³-hybridized carbons (Fsp3) is 0.306. The van der Waals surface area contributed by atoms with Gasteiger partial charge in [0.05, 0.1) is 27.4 Å². The first-order valence-electron chi connectivity index (χ1n) is 15.0. The Morgan fingerprint density at radius 3 is 1.96 bits per heavy atom. The number of hydrogen-bond acceptors (Lipinski definition) is 6. The number of methoxy groups -OCH3 is 1. The molecule has 0 radical (unpaired) electrons. The van der Waals surface area contributed by atoms with Crippen molar-refractivity contribution in [2.75, 3.05) is 7.11 Å². The average molecular weight is 647 g/mol. The molecule has 0 spiro atoms. The number of ketones is 1. The number of carbonyl (C=O) groups excluding carboxylic acids is 1. The molecule has 2 fully saturated rings. The molecule has 0 amide bonds. The van der Waals surface area contributed by atoms with Crippen molar-refractivity contribution in [1.82, 2.24) is 0 Å². The van der Waals surface area contributed by atoms with E-state index < -0.39 is 59.7 Å². The molecule has 9 heteroatoms. The summed E-state index contributed by atoms with van der Waals surface area (Å²) >= 11 is 0. The van der Waals surface area contributed by atoms with E-state index in [1.165, 1.54) is 6.07 Å². The summed E-state index contributed by atoms with van der Waals surface area (Å²) < 4.78 is 78.5. The van der Waals surface area contributed by atoms with Crippen molar-refractivity contribution in [2.45, 2.75) is 58.3 Å². The maximum Gasteiger partial charge on any atom is 0.182 e. The molecule has 0 aromatic heterocycles. The number of hydrogen-bond donors (Lipinski definition) is 0. The third-order valence-corrected chi connectivity index (χ3v) is 14.2. The topological polar surface area (TPSA) is 94.6 Å². The van der Waals surface area contributed by atoms with Crippen LogP contribution in [-0.2, 0) is 24.5 Å². The van der Waals surface area contributed by atoms with Crippen LogP contribution in [0, 0.1) is 24.6 Å². The highest BCUT2D eigenvalue weighted by molar-refractivity contribution is 7.92. The van der Waals surface area contributed by atoms with E-state index in [0.29, 0.717) is 11.3 Å². The zero-order valence-electron chi connectivity index (χ0n) is 25.0. The summed E-state index contributed by atoms with van der Waals surface area (Å²) in [5.41, 5.74) is 1.79. The molecule has 2 aliphatic rings. The number of sulfone groups is 2. The minimum absolute atomic E-state index is 0.0243. The summed E-state index contributed by atoms with van der Waals surface area (Å²) in [4.78, 5) is 14.3. The van der Waals surface area contributed by atoms with Crippen LogP contribution in [0.15, 0.2) is 113 Å². The summed E-state index contributed by atoms with van der Waals surface area (Å²) in [6, 6.07) is 27.8. The van der Waals surface area contributed by atoms with E-state index in [0.717, 1.165) is 5.56 Å². The molecule has 0 aliphatic heterocycles. The van der Waals surface area contributed by atoms with Gasteiger partial charge in [0, 0.05) is 24.2 Å². The number of rotatable bonds is 7. The van der Waals surface area contributed by atoms with Crippen molar-refractivity contribution in [3.8, 4) is 5.75 Å². The van der Waals surface area contributed by atoms with E-state index in [4.69, 9.17) is 4.74 Å². The van der Waals surface area contributed by atoms with Gasteiger partial charge >= 0.3 is 0 Å². The van der Waals surface area contributed by atoms with Crippen LogP contribution in [0.25, 0.3) is 0 Å². The molecule has 6 nitrogen and oxygen atoms in total. The Balaban J connectivity index is 1.51. The van der Waals surface area contributed by atoms with Crippen molar-refractivity contribution >= 4 is 25.5 Å². The molecule has 4 aromatic rings. The van der Waals surface area contributed by atoms with Crippen LogP contribution in [0.1, 0.15) is 47.8 Å². The number of benzene rings is 4. The number of ether oxygens (including phenoxy) is 1. The third kappa shape index (κ3) is 5.72. The van der Waals surface area contributed by atoms with Crippen molar-refractivity contribution in [2.24, 2.45) is 11.8 Å². The van der Waals surface area contributed by atoms with Gasteiger partial charge in [-0.2, -0.15) is 0 Å². The molecule has 0 N–H and O–H groups in total. The minimum atomic E-state index is -4.03. The zero-order valence-corrected chi connectivity index (χ0v) is 26.7. The predicted molar refractivity (Wildman–Crippen MR) is 170 cm³/mol. The van der Waals surface area contributed by atoms with Gasteiger partial charge in [-0.25, -0.2) is 21.2 Å². The fourth-order valence-electron chi connectivity index (χ4n) is 7.44. The normalized spacial score (nSPS) is 25.4. The molecule has 6 rings (SSSR count). The van der Waals surface area contributed by atoms with Gasteiger partial charge in [-0.15, -0.1) is 0 Å². The third-order valence-electron chi connectivity index (χ3n) is 9.66. The van der Waals surface area contributed by atoms with Crippen LogP contribution in [0.4, 0.5) is 4.39 Å². The van der Waals surface area contributed by atoms with E-state index >= 15 is 4.39 Å². The quantitative estimate of drug-likeness (QED) is 0.222. The first-order chi connectivity index (χ1) is 21.5. The maximum absolute atomic E-state index is 15.5. The van der Waals surface area contributed by atoms with Crippen LogP contribution < -0.4 is 4.74 Å². The van der Waals surface area contributed by atoms with Crippen molar-refractivity contribution in [3.63, 3.8) is 0 Å². The standard InChI is InChI=1S/C36H35FO6S2/c1-23-12-18-27(19-13-23)44(39,40)35-22-30-32(20-31(35)28-10-6-7-11-33(28)37)36(45(41,42)26-8-4-3-5-9-26)29(21-34(30)38)24-14-16-25(43-2)17-15-24/h3-19,29-32,35-36H,20-22H2,1-2H3. The fourth-order valence-corrected chi connectivity index (χ4v) is 11.7. The Hall–Kier alpha value is -3.82. The molecule has 4 aromatic carbocycles. The molecular formula is C36H35FO6S2. The van der Waals surface area contributed by atoms with E-state index in [1.807, 2.05) is 6.92 Å². The average Bonchev–Trinajstić information content (AvgIpc) is 3.05. The summed E-state index contributed by atoms with van der Waals surface area (Å²) in [7, 11) is -6.51. The summed E-state index contributed by atoms with van der Waals surface area (Å²) in [6.45, 7) is 1.86. The second-order valence-corrected chi connectivity index (χ2v) is 16.4. The Labute approximate surface area is 264 Å². The van der Waals surface area contributed by atoms with Crippen LogP contribution in [-0.4, -0.2) is 40.2 Å². The van der Waals surface area contributed by atoms with Gasteiger partial charge in [-0.1, -0.05) is 66.2 Å². The molecular weight excluding hydrogens is 612 g/mol. The highest BCUT2D eigenvalue weighted by Crippen LogP contribution is 2.54. The van der Waals surface area contributed by atoms with Crippen LogP contribution in [0.3, 0.4) is 0 Å². The lowest BCUT2D eigenvalue weighted by Crippen LogP contribution is -2.53. The van der Waals surface area contributed by atoms with Gasteiger partial charge in [0.2, 0.25) is 0 Å². The summed E-state index contributed by atoms with van der Waals surface area (Å²) in [5, 5.41) is -2.15. The Morgan fingerprint density at radius 1 is 0.689 bits per heavy atom. The van der Waals surface area contributed by atoms with Crippen LogP contribution in [0.5, 0.6) is 5.75 Å². The van der Waals surface area contributed by atoms with Gasteiger partial charge in [0.1, 0.15) is 17.3 Å². The Bertz CT molecular complexity index is 1910. The smallest absolute Gasteiger partial charge is 0.182 e. The molecule has 0 heterocycles. The molecule has 2 saturated carbocycles. The SMILES string of the molecule is COc1ccc(C2CC(=O)C3CC(S(=O)(=O)c4ccc(C)cc4)C(c4ccccc4F)CC3C2S(=O)(=O)c2ccccc2)cc1. The van der Waals surface area contributed by atoms with E-state index in [2.05, 4.69) is 0 Å². The number of fused-ring (bicyclic) bond motifs is 1. The molecule has 6 atom stereocenters. The van der Waals surface area contributed by atoms with Crippen LogP contribution >= 0.6 is 0 Å². The molecule has 0 bridgehead atoms. The highest BCUT2D eigenvalue weighted by Gasteiger charge is 2.56. The first kappa shape index (κ1) is 31.2. The van der Waals surface area contributed by atoms with E-state index in [9.17, 15) is 21.6 Å². The highest BCUT2D eigenvalue weighted by atomic mass is 32.2. The lowest BCUT2D eigenvalue weighted by Gasteiger charge is -2.48. The van der Waals surface area contributed by atoms with Gasteiger partial charge in [-0.05, 0) is 79.3 Å². The number of aryl methyl sites for hydroxylation is 1. The lowest BCUT2D eigenvalue weighted by molar-refractivity contribution is -0.128. The van der Waals surface area contributed by atoms with E-state index in [1.54, 1.807) is 104 Å². The van der Waals surface area contributed by atoms with Crippen molar-refractivity contribution < 1.29 is 30.8 Å². The predicted octanol–water partition coefficient (Wildman–Crippen LogP) is 6.69. The Morgan fingerprint density at radius 2 is 1.31 bits per heavy atom. The summed E-state index contributed by atoms with van der Waals surface area (Å²) in [6.07, 6.45) is -0.114. The summed E-state index contributed by atoms with van der Waals surface area (Å²) in [5.74, 6) is -3.23.